The van der Waals surface area contributed by atoms with Crippen molar-refractivity contribution in [2.45, 2.75) is 26.2 Å². The molecule has 35 heavy (non-hydrogen) atoms. The van der Waals surface area contributed by atoms with Gasteiger partial charge in [0, 0.05) is 24.7 Å². The van der Waals surface area contributed by atoms with Crippen LogP contribution in [0.4, 0.5) is 17.1 Å². The average molecular weight is 481 g/mol. The van der Waals surface area contributed by atoms with Gasteiger partial charge in [0.25, 0.3) is 11.6 Å². The summed E-state index contributed by atoms with van der Waals surface area (Å²) in [7, 11) is 1.48. The third kappa shape index (κ3) is 4.96. The Morgan fingerprint density at radius 1 is 1.11 bits per heavy atom. The highest BCUT2D eigenvalue weighted by atomic mass is 16.6. The van der Waals surface area contributed by atoms with Crippen LogP contribution < -0.4 is 15.4 Å². The molecule has 2 aromatic carbocycles. The number of benzene rings is 2. The lowest BCUT2D eigenvalue weighted by Gasteiger charge is -2.25. The molecule has 0 bridgehead atoms. The number of hydrogen-bond acceptors (Lipinski definition) is 7. The van der Waals surface area contributed by atoms with Gasteiger partial charge in [-0.3, -0.25) is 29.4 Å². The van der Waals surface area contributed by atoms with Crippen LogP contribution >= 0.6 is 0 Å². The Kier molecular flexibility index (Phi) is 6.99. The van der Waals surface area contributed by atoms with Crippen molar-refractivity contribution in [2.75, 3.05) is 30.8 Å². The van der Waals surface area contributed by atoms with Crippen LogP contribution in [0.5, 0.6) is 5.75 Å². The van der Waals surface area contributed by atoms with Crippen LogP contribution in [0.2, 0.25) is 0 Å². The van der Waals surface area contributed by atoms with E-state index in [0.29, 0.717) is 17.4 Å². The van der Waals surface area contributed by atoms with Crippen molar-refractivity contribution in [1.29, 1.82) is 0 Å². The van der Waals surface area contributed by atoms with Crippen LogP contribution in [0.25, 0.3) is 0 Å². The fourth-order valence-electron chi connectivity index (χ4n) is 4.90. The van der Waals surface area contributed by atoms with E-state index in [1.807, 2.05) is 0 Å². The molecule has 1 saturated carbocycles. The van der Waals surface area contributed by atoms with E-state index in [9.17, 15) is 24.5 Å². The normalized spacial score (nSPS) is 21.4. The van der Waals surface area contributed by atoms with Gasteiger partial charge in [-0.25, -0.2) is 0 Å². The Balaban J connectivity index is 1.42. The minimum atomic E-state index is -0.579. The first-order chi connectivity index (χ1) is 16.8. The van der Waals surface area contributed by atoms with Crippen molar-refractivity contribution in [3.8, 4) is 5.75 Å². The number of anilines is 2. The second-order valence-corrected chi connectivity index (χ2v) is 9.03. The molecule has 0 unspecified atom stereocenters. The SMILES string of the molecule is COc1ccccc1NC(=O)c1ccc(NCCN2C(=O)[C@H]3CC[C@H](C)C[C@H]3C2=O)c([N+](=O)[O-])c1. The molecule has 184 valence electrons. The molecule has 0 spiro atoms. The van der Waals surface area contributed by atoms with Gasteiger partial charge in [-0.2, -0.15) is 0 Å². The molecule has 1 saturated heterocycles. The maximum atomic E-state index is 12.7. The number of nitrogens with zero attached hydrogens (tertiary/aromatic N) is 2. The van der Waals surface area contributed by atoms with Gasteiger partial charge in [0.2, 0.25) is 11.8 Å². The molecule has 3 amide bonds. The number of carbonyl (C=O) groups is 3. The zero-order valence-electron chi connectivity index (χ0n) is 19.7. The lowest BCUT2D eigenvalue weighted by molar-refractivity contribution is -0.384. The summed E-state index contributed by atoms with van der Waals surface area (Å²) in [6, 6.07) is 11.0. The van der Waals surface area contributed by atoms with Crippen LogP contribution in [0.3, 0.4) is 0 Å². The number of likely N-dealkylation sites (tertiary alicyclic amines) is 1. The van der Waals surface area contributed by atoms with Crippen molar-refractivity contribution >= 4 is 34.8 Å². The third-order valence-corrected chi connectivity index (χ3v) is 6.74. The standard InChI is InChI=1S/C25H28N4O6/c1-15-7-9-17-18(13-15)25(32)28(24(17)31)12-11-26-19-10-8-16(14-21(19)29(33)34)23(30)27-20-5-3-4-6-22(20)35-2/h3-6,8,10,14-15,17-18,26H,7,9,11-13H2,1-2H3,(H,27,30)/t15-,17-,18+/m0/s1. The maximum Gasteiger partial charge on any atom is 0.293 e. The predicted octanol–water partition coefficient (Wildman–Crippen LogP) is 3.69. The molecule has 0 aromatic heterocycles. The second-order valence-electron chi connectivity index (χ2n) is 9.03. The van der Waals surface area contributed by atoms with Gasteiger partial charge in [-0.1, -0.05) is 19.1 Å². The van der Waals surface area contributed by atoms with Crippen LogP contribution in [-0.2, 0) is 9.59 Å². The first-order valence-electron chi connectivity index (χ1n) is 11.6. The first kappa shape index (κ1) is 24.2. The lowest BCUT2D eigenvalue weighted by atomic mass is 9.76. The molecule has 10 heteroatoms. The number of carbonyl (C=O) groups excluding carboxylic acids is 3. The Hall–Kier alpha value is -3.95. The van der Waals surface area contributed by atoms with Crippen molar-refractivity contribution in [2.24, 2.45) is 17.8 Å². The Morgan fingerprint density at radius 3 is 2.60 bits per heavy atom. The number of imide groups is 1. The number of nitrogens with one attached hydrogen (secondary N) is 2. The number of methoxy groups -OCH3 is 1. The monoisotopic (exact) mass is 480 g/mol. The van der Waals surface area contributed by atoms with E-state index in [0.717, 1.165) is 19.3 Å². The molecule has 1 aliphatic carbocycles. The summed E-state index contributed by atoms with van der Waals surface area (Å²) < 4.78 is 5.22. The molecule has 0 radical (unpaired) electrons. The van der Waals surface area contributed by atoms with Crippen molar-refractivity contribution < 1.29 is 24.0 Å². The number of rotatable bonds is 8. The fourth-order valence-corrected chi connectivity index (χ4v) is 4.90. The number of fused-ring (bicyclic) bond motifs is 1. The topological polar surface area (TPSA) is 131 Å². The van der Waals surface area contributed by atoms with Gasteiger partial charge in [0.05, 0.1) is 29.6 Å². The van der Waals surface area contributed by atoms with E-state index in [4.69, 9.17) is 4.74 Å². The van der Waals surface area contributed by atoms with Crippen LogP contribution in [0.15, 0.2) is 42.5 Å². The lowest BCUT2D eigenvalue weighted by Crippen LogP contribution is -2.35. The molecule has 2 aliphatic rings. The Bertz CT molecular complexity index is 1170. The first-order valence-corrected chi connectivity index (χ1v) is 11.6. The summed E-state index contributed by atoms with van der Waals surface area (Å²) in [5, 5.41) is 17.3. The molecular weight excluding hydrogens is 452 g/mol. The number of nitro benzene ring substituents is 1. The quantitative estimate of drug-likeness (QED) is 0.335. The predicted molar refractivity (Wildman–Crippen MR) is 129 cm³/mol. The van der Waals surface area contributed by atoms with Gasteiger partial charge in [0.15, 0.2) is 0 Å². The number of amides is 3. The summed E-state index contributed by atoms with van der Waals surface area (Å²) in [6.07, 6.45) is 2.39. The van der Waals surface area contributed by atoms with E-state index in [1.54, 1.807) is 24.3 Å². The molecular formula is C25H28N4O6. The summed E-state index contributed by atoms with van der Waals surface area (Å²) in [5.41, 5.74) is 0.476. The second kappa shape index (κ2) is 10.1. The minimum Gasteiger partial charge on any atom is -0.495 e. The molecule has 4 rings (SSSR count). The molecule has 10 nitrogen and oxygen atoms in total. The average Bonchev–Trinajstić information content (AvgIpc) is 3.08. The Morgan fingerprint density at radius 2 is 1.86 bits per heavy atom. The molecule has 2 aromatic rings. The summed E-state index contributed by atoms with van der Waals surface area (Å²) in [4.78, 5) is 50.5. The highest BCUT2D eigenvalue weighted by molar-refractivity contribution is 6.06. The van der Waals surface area contributed by atoms with Gasteiger partial charge in [-0.15, -0.1) is 0 Å². The van der Waals surface area contributed by atoms with Crippen molar-refractivity contribution in [3.63, 3.8) is 0 Å². The smallest absolute Gasteiger partial charge is 0.293 e. The molecule has 2 fully saturated rings. The van der Waals surface area contributed by atoms with Crippen molar-refractivity contribution in [1.82, 2.24) is 4.90 Å². The molecule has 1 aliphatic heterocycles. The third-order valence-electron chi connectivity index (χ3n) is 6.74. The van der Waals surface area contributed by atoms with E-state index >= 15 is 0 Å². The highest BCUT2D eigenvalue weighted by Gasteiger charge is 2.49. The van der Waals surface area contributed by atoms with Gasteiger partial charge >= 0.3 is 0 Å². The summed E-state index contributed by atoms with van der Waals surface area (Å²) in [5.74, 6) is -0.413. The van der Waals surface area contributed by atoms with E-state index in [-0.39, 0.29) is 53.7 Å². The van der Waals surface area contributed by atoms with Gasteiger partial charge in [0.1, 0.15) is 11.4 Å². The van der Waals surface area contributed by atoms with Crippen molar-refractivity contribution in [3.05, 3.63) is 58.1 Å². The van der Waals surface area contributed by atoms with E-state index in [2.05, 4.69) is 17.6 Å². The molecule has 2 N–H and O–H groups in total. The van der Waals surface area contributed by atoms with E-state index < -0.39 is 10.8 Å². The minimum absolute atomic E-state index is 0.108. The number of ether oxygens (including phenoxy) is 1. The summed E-state index contributed by atoms with van der Waals surface area (Å²) >= 11 is 0. The van der Waals surface area contributed by atoms with Gasteiger partial charge < -0.3 is 15.4 Å². The van der Waals surface area contributed by atoms with Gasteiger partial charge in [-0.05, 0) is 49.4 Å². The Labute approximate surface area is 202 Å². The van der Waals surface area contributed by atoms with Crippen LogP contribution in [0, 0.1) is 27.9 Å². The number of nitro groups is 1. The largest absolute Gasteiger partial charge is 0.495 e. The summed E-state index contributed by atoms with van der Waals surface area (Å²) in [6.45, 7) is 2.39. The zero-order chi connectivity index (χ0) is 25.1. The molecule has 3 atom stereocenters. The van der Waals surface area contributed by atoms with Crippen LogP contribution in [0.1, 0.15) is 36.5 Å². The zero-order valence-corrected chi connectivity index (χ0v) is 19.7. The maximum absolute atomic E-state index is 12.7. The highest BCUT2D eigenvalue weighted by Crippen LogP contribution is 2.40. The number of para-hydroxylation sites is 2. The van der Waals surface area contributed by atoms with E-state index in [1.165, 1.54) is 30.2 Å². The fraction of sp³-hybridized carbons (Fsp3) is 0.400. The number of hydrogen-bond donors (Lipinski definition) is 2. The van der Waals surface area contributed by atoms with Crippen LogP contribution in [-0.4, -0.2) is 47.7 Å². The molecule has 1 heterocycles.